The van der Waals surface area contributed by atoms with E-state index < -0.39 is 0 Å². The van der Waals surface area contributed by atoms with Gasteiger partial charge in [-0.2, -0.15) is 0 Å². The average Bonchev–Trinajstić information content (AvgIpc) is 2.44. The molecule has 1 N–H and O–H groups in total. The van der Waals surface area contributed by atoms with Crippen molar-refractivity contribution in [1.82, 2.24) is 5.32 Å². The Morgan fingerprint density at radius 2 is 1.65 bits per heavy atom. The first-order chi connectivity index (χ1) is 9.78. The summed E-state index contributed by atoms with van der Waals surface area (Å²) in [4.78, 5) is 0. The van der Waals surface area contributed by atoms with Gasteiger partial charge in [0.2, 0.25) is 0 Å². The first-order valence-electron chi connectivity index (χ1n) is 7.29. The second-order valence-electron chi connectivity index (χ2n) is 5.73. The maximum atomic E-state index is 3.52. The molecule has 0 bridgehead atoms. The van der Waals surface area contributed by atoms with E-state index in [1.54, 1.807) is 0 Å². The largest absolute Gasteiger partial charge is 0.315 e. The highest BCUT2D eigenvalue weighted by atomic mass is 79.9. The quantitative estimate of drug-likeness (QED) is 0.861. The van der Waals surface area contributed by atoms with Crippen LogP contribution in [0.3, 0.4) is 0 Å². The number of halogens is 1. The van der Waals surface area contributed by atoms with Gasteiger partial charge in [-0.1, -0.05) is 58.4 Å². The van der Waals surface area contributed by atoms with E-state index in [1.165, 1.54) is 30.4 Å². The zero-order valence-corrected chi connectivity index (χ0v) is 13.2. The molecular formula is C18H20BrN. The normalized spacial score (nSPS) is 16.6. The lowest BCUT2D eigenvalue weighted by Gasteiger charge is -2.43. The number of hydrogen-bond donors (Lipinski definition) is 1. The highest BCUT2D eigenvalue weighted by molar-refractivity contribution is 9.10. The van der Waals surface area contributed by atoms with Gasteiger partial charge in [-0.05, 0) is 42.5 Å². The van der Waals surface area contributed by atoms with Crippen LogP contribution >= 0.6 is 15.9 Å². The van der Waals surface area contributed by atoms with Crippen molar-refractivity contribution in [2.45, 2.75) is 24.7 Å². The highest BCUT2D eigenvalue weighted by Gasteiger charge is 2.37. The summed E-state index contributed by atoms with van der Waals surface area (Å²) in [6.45, 7) is 2.23. The summed E-state index contributed by atoms with van der Waals surface area (Å²) < 4.78 is 1.16. The summed E-state index contributed by atoms with van der Waals surface area (Å²) in [6.07, 6.45) is 3.69. The molecule has 0 unspecified atom stereocenters. The molecule has 1 aliphatic heterocycles. The van der Waals surface area contributed by atoms with Crippen LogP contribution in [0, 0.1) is 0 Å². The van der Waals surface area contributed by atoms with Gasteiger partial charge in [0.1, 0.15) is 0 Å². The first kappa shape index (κ1) is 13.8. The Morgan fingerprint density at radius 1 is 0.950 bits per heavy atom. The van der Waals surface area contributed by atoms with E-state index in [-0.39, 0.29) is 0 Å². The van der Waals surface area contributed by atoms with Crippen LogP contribution in [0.25, 0.3) is 0 Å². The molecule has 1 nitrogen and oxygen atoms in total. The Labute approximate surface area is 129 Å². The van der Waals surface area contributed by atoms with Crippen molar-refractivity contribution in [3.8, 4) is 0 Å². The summed E-state index contributed by atoms with van der Waals surface area (Å²) in [5.74, 6) is 0. The van der Waals surface area contributed by atoms with E-state index in [0.29, 0.717) is 5.41 Å². The van der Waals surface area contributed by atoms with Crippen molar-refractivity contribution in [2.24, 2.45) is 0 Å². The molecule has 2 heteroatoms. The molecule has 3 rings (SSSR count). The topological polar surface area (TPSA) is 12.0 Å². The Hall–Kier alpha value is -1.12. The molecule has 0 amide bonds. The van der Waals surface area contributed by atoms with Gasteiger partial charge in [0.05, 0.1) is 0 Å². The summed E-state index contributed by atoms with van der Waals surface area (Å²) in [5.41, 5.74) is 3.29. The molecule has 0 atom stereocenters. The van der Waals surface area contributed by atoms with Gasteiger partial charge in [0.25, 0.3) is 0 Å². The monoisotopic (exact) mass is 329 g/mol. The Balaban J connectivity index is 1.63. The van der Waals surface area contributed by atoms with Crippen LogP contribution < -0.4 is 5.32 Å². The van der Waals surface area contributed by atoms with Crippen LogP contribution in [0.2, 0.25) is 0 Å². The third-order valence-corrected chi connectivity index (χ3v) is 4.88. The van der Waals surface area contributed by atoms with E-state index in [0.717, 1.165) is 17.6 Å². The molecule has 0 saturated carbocycles. The van der Waals surface area contributed by atoms with Gasteiger partial charge in [-0.3, -0.25) is 0 Å². The Morgan fingerprint density at radius 3 is 2.25 bits per heavy atom. The molecule has 20 heavy (non-hydrogen) atoms. The summed E-state index contributed by atoms with van der Waals surface area (Å²) in [7, 11) is 0. The minimum atomic E-state index is 0.357. The summed E-state index contributed by atoms with van der Waals surface area (Å²) in [5, 5.41) is 3.45. The fraction of sp³-hybridized carbons (Fsp3) is 0.333. The average molecular weight is 330 g/mol. The molecule has 1 aliphatic rings. The second kappa shape index (κ2) is 6.11. The Bertz CT molecular complexity index is 543. The predicted molar refractivity (Wildman–Crippen MR) is 88.1 cm³/mol. The zero-order chi connectivity index (χ0) is 13.8. The summed E-state index contributed by atoms with van der Waals surface area (Å²) in [6, 6.07) is 19.7. The molecule has 2 aromatic carbocycles. The van der Waals surface area contributed by atoms with Gasteiger partial charge < -0.3 is 5.32 Å². The van der Waals surface area contributed by atoms with Crippen molar-refractivity contribution >= 4 is 15.9 Å². The van der Waals surface area contributed by atoms with E-state index in [9.17, 15) is 0 Å². The van der Waals surface area contributed by atoms with Crippen molar-refractivity contribution < 1.29 is 0 Å². The highest BCUT2D eigenvalue weighted by Crippen LogP contribution is 2.34. The SMILES string of the molecule is Brc1ccc(C2(CCCc3ccccc3)CNC2)cc1. The smallest absolute Gasteiger partial charge is 0.0202 e. The molecule has 0 spiro atoms. The molecule has 0 radical (unpaired) electrons. The first-order valence-corrected chi connectivity index (χ1v) is 8.09. The van der Waals surface area contributed by atoms with Crippen LogP contribution in [-0.2, 0) is 11.8 Å². The third-order valence-electron chi connectivity index (χ3n) is 4.35. The molecule has 104 valence electrons. The van der Waals surface area contributed by atoms with E-state index in [1.807, 2.05) is 0 Å². The van der Waals surface area contributed by atoms with Gasteiger partial charge in [0, 0.05) is 23.0 Å². The van der Waals surface area contributed by atoms with Gasteiger partial charge >= 0.3 is 0 Å². The third kappa shape index (κ3) is 2.97. The minimum Gasteiger partial charge on any atom is -0.315 e. The second-order valence-corrected chi connectivity index (χ2v) is 6.65. The maximum Gasteiger partial charge on any atom is 0.0202 e. The lowest BCUT2D eigenvalue weighted by Crippen LogP contribution is -2.56. The van der Waals surface area contributed by atoms with Crippen molar-refractivity contribution in [1.29, 1.82) is 0 Å². The standard InChI is InChI=1S/C18H20BrN/c19-17-10-8-16(9-11-17)18(13-20-14-18)12-4-7-15-5-2-1-3-6-15/h1-3,5-6,8-11,20H,4,7,12-14H2. The molecular weight excluding hydrogens is 310 g/mol. The molecule has 1 fully saturated rings. The zero-order valence-electron chi connectivity index (χ0n) is 11.6. The number of benzene rings is 2. The van der Waals surface area contributed by atoms with Crippen LogP contribution in [0.1, 0.15) is 24.0 Å². The van der Waals surface area contributed by atoms with Crippen molar-refractivity contribution in [2.75, 3.05) is 13.1 Å². The predicted octanol–water partition coefficient (Wildman–Crippen LogP) is 4.31. The number of hydrogen-bond acceptors (Lipinski definition) is 1. The number of aryl methyl sites for hydroxylation is 1. The van der Waals surface area contributed by atoms with E-state index >= 15 is 0 Å². The Kier molecular flexibility index (Phi) is 4.23. The van der Waals surface area contributed by atoms with Gasteiger partial charge in [-0.15, -0.1) is 0 Å². The molecule has 2 aromatic rings. The van der Waals surface area contributed by atoms with Gasteiger partial charge in [-0.25, -0.2) is 0 Å². The van der Waals surface area contributed by atoms with Crippen LogP contribution in [0.4, 0.5) is 0 Å². The fourth-order valence-electron chi connectivity index (χ4n) is 3.03. The van der Waals surface area contributed by atoms with Crippen molar-refractivity contribution in [3.63, 3.8) is 0 Å². The number of nitrogens with one attached hydrogen (secondary N) is 1. The number of rotatable bonds is 5. The molecule has 0 aliphatic carbocycles. The van der Waals surface area contributed by atoms with Crippen LogP contribution in [0.15, 0.2) is 59.1 Å². The molecule has 1 saturated heterocycles. The minimum absolute atomic E-state index is 0.357. The van der Waals surface area contributed by atoms with Gasteiger partial charge in [0.15, 0.2) is 0 Å². The maximum absolute atomic E-state index is 3.52. The lowest BCUT2D eigenvalue weighted by atomic mass is 9.71. The molecule has 1 heterocycles. The van der Waals surface area contributed by atoms with E-state index in [2.05, 4.69) is 75.8 Å². The van der Waals surface area contributed by atoms with Crippen LogP contribution in [0.5, 0.6) is 0 Å². The van der Waals surface area contributed by atoms with E-state index in [4.69, 9.17) is 0 Å². The van der Waals surface area contributed by atoms with Crippen LogP contribution in [-0.4, -0.2) is 13.1 Å². The summed E-state index contributed by atoms with van der Waals surface area (Å²) >= 11 is 3.52. The van der Waals surface area contributed by atoms with Crippen molar-refractivity contribution in [3.05, 3.63) is 70.2 Å². The lowest BCUT2D eigenvalue weighted by molar-refractivity contribution is 0.252. The fourth-order valence-corrected chi connectivity index (χ4v) is 3.30. The molecule has 0 aromatic heterocycles.